The second kappa shape index (κ2) is 2.81. The number of anilines is 1. The Morgan fingerprint density at radius 2 is 2.25 bits per heavy atom. The molecule has 1 aliphatic heterocycles. The Hall–Kier alpha value is -0.990. The van der Waals surface area contributed by atoms with E-state index in [-0.39, 0.29) is 0 Å². The van der Waals surface area contributed by atoms with Crippen LogP contribution in [-0.4, -0.2) is 11.8 Å². The molecule has 1 aromatic rings. The molecule has 0 saturated carbocycles. The van der Waals surface area contributed by atoms with Gasteiger partial charge in [-0.05, 0) is 12.1 Å². The SMILES string of the molecule is ON1CC=Cc2c(Cl)cccc21. The maximum Gasteiger partial charge on any atom is 0.0725 e. The summed E-state index contributed by atoms with van der Waals surface area (Å²) in [6.07, 6.45) is 3.79. The number of rotatable bonds is 0. The first kappa shape index (κ1) is 7.65. The molecule has 1 N–H and O–H groups in total. The van der Waals surface area contributed by atoms with E-state index in [0.717, 1.165) is 11.3 Å². The molecule has 0 atom stereocenters. The smallest absolute Gasteiger partial charge is 0.0725 e. The van der Waals surface area contributed by atoms with Crippen molar-refractivity contribution in [1.82, 2.24) is 0 Å². The van der Waals surface area contributed by atoms with Crippen molar-refractivity contribution < 1.29 is 5.21 Å². The second-order valence-corrected chi connectivity index (χ2v) is 3.06. The van der Waals surface area contributed by atoms with Crippen molar-refractivity contribution in [3.63, 3.8) is 0 Å². The molecular weight excluding hydrogens is 174 g/mol. The summed E-state index contributed by atoms with van der Waals surface area (Å²) in [4.78, 5) is 0. The Morgan fingerprint density at radius 1 is 1.42 bits per heavy atom. The van der Waals surface area contributed by atoms with Gasteiger partial charge >= 0.3 is 0 Å². The topological polar surface area (TPSA) is 23.5 Å². The minimum absolute atomic E-state index is 0.521. The number of halogens is 1. The molecule has 3 heteroatoms. The fourth-order valence-electron chi connectivity index (χ4n) is 1.28. The molecule has 0 spiro atoms. The van der Waals surface area contributed by atoms with E-state index in [2.05, 4.69) is 0 Å². The Labute approximate surface area is 75.6 Å². The van der Waals surface area contributed by atoms with Crippen molar-refractivity contribution in [2.24, 2.45) is 0 Å². The van der Waals surface area contributed by atoms with Crippen molar-refractivity contribution in [1.29, 1.82) is 0 Å². The van der Waals surface area contributed by atoms with Crippen LogP contribution >= 0.6 is 11.6 Å². The molecule has 0 bridgehead atoms. The molecular formula is C9H8ClNO. The van der Waals surface area contributed by atoms with Gasteiger partial charge in [-0.1, -0.05) is 29.8 Å². The highest BCUT2D eigenvalue weighted by Crippen LogP contribution is 2.30. The first-order valence-corrected chi connectivity index (χ1v) is 4.08. The first-order valence-electron chi connectivity index (χ1n) is 3.70. The van der Waals surface area contributed by atoms with Gasteiger partial charge in [0.1, 0.15) is 0 Å². The first-order chi connectivity index (χ1) is 5.79. The Bertz CT molecular complexity index is 335. The van der Waals surface area contributed by atoms with Gasteiger partial charge in [-0.2, -0.15) is 0 Å². The molecule has 1 aromatic carbocycles. The zero-order chi connectivity index (χ0) is 8.55. The number of hydrogen-bond acceptors (Lipinski definition) is 2. The summed E-state index contributed by atoms with van der Waals surface area (Å²) in [6.45, 7) is 0.521. The lowest BCUT2D eigenvalue weighted by Gasteiger charge is -2.21. The Balaban J connectivity index is 2.61. The largest absolute Gasteiger partial charge is 0.288 e. The fourth-order valence-corrected chi connectivity index (χ4v) is 1.52. The summed E-state index contributed by atoms with van der Waals surface area (Å²) in [6, 6.07) is 5.47. The number of benzene rings is 1. The van der Waals surface area contributed by atoms with Crippen LogP contribution in [0.25, 0.3) is 6.08 Å². The minimum atomic E-state index is 0.521. The number of hydroxylamine groups is 1. The van der Waals surface area contributed by atoms with E-state index in [4.69, 9.17) is 11.6 Å². The van der Waals surface area contributed by atoms with Crippen molar-refractivity contribution in [3.8, 4) is 0 Å². The molecule has 1 heterocycles. The van der Waals surface area contributed by atoms with Crippen molar-refractivity contribution in [2.45, 2.75) is 0 Å². The Morgan fingerprint density at radius 3 is 3.00 bits per heavy atom. The van der Waals surface area contributed by atoms with E-state index in [1.807, 2.05) is 30.4 Å². The van der Waals surface area contributed by atoms with Crippen molar-refractivity contribution in [3.05, 3.63) is 34.9 Å². The van der Waals surface area contributed by atoms with Gasteiger partial charge in [-0.3, -0.25) is 10.3 Å². The van der Waals surface area contributed by atoms with E-state index in [9.17, 15) is 5.21 Å². The average Bonchev–Trinajstić information content (AvgIpc) is 2.07. The molecule has 0 amide bonds. The lowest BCUT2D eigenvalue weighted by Crippen LogP contribution is -2.21. The zero-order valence-electron chi connectivity index (χ0n) is 6.37. The summed E-state index contributed by atoms with van der Waals surface area (Å²) >= 11 is 5.92. The van der Waals surface area contributed by atoms with E-state index >= 15 is 0 Å². The number of fused-ring (bicyclic) bond motifs is 1. The lowest BCUT2D eigenvalue weighted by atomic mass is 10.1. The van der Waals surface area contributed by atoms with Crippen LogP contribution < -0.4 is 5.06 Å². The molecule has 12 heavy (non-hydrogen) atoms. The molecule has 62 valence electrons. The van der Waals surface area contributed by atoms with Crippen molar-refractivity contribution >= 4 is 23.4 Å². The molecule has 0 unspecified atom stereocenters. The van der Waals surface area contributed by atoms with E-state index in [1.54, 1.807) is 0 Å². The third-order valence-corrected chi connectivity index (χ3v) is 2.20. The van der Waals surface area contributed by atoms with E-state index in [0.29, 0.717) is 11.6 Å². The molecule has 0 saturated heterocycles. The lowest BCUT2D eigenvalue weighted by molar-refractivity contribution is 0.265. The number of hydrogen-bond donors (Lipinski definition) is 1. The molecule has 1 aliphatic rings. The van der Waals surface area contributed by atoms with Crippen LogP contribution in [-0.2, 0) is 0 Å². The molecule has 0 radical (unpaired) electrons. The normalized spacial score (nSPS) is 14.7. The van der Waals surface area contributed by atoms with Crippen LogP contribution in [0.3, 0.4) is 0 Å². The summed E-state index contributed by atoms with van der Waals surface area (Å²) in [5.41, 5.74) is 1.65. The quantitative estimate of drug-likeness (QED) is 0.665. The van der Waals surface area contributed by atoms with Crippen molar-refractivity contribution in [2.75, 3.05) is 11.6 Å². The monoisotopic (exact) mass is 181 g/mol. The zero-order valence-corrected chi connectivity index (χ0v) is 7.12. The molecule has 0 aromatic heterocycles. The standard InChI is InChI=1S/C9H8ClNO/c10-8-4-1-5-9-7(8)3-2-6-11(9)12/h1-5,12H,6H2. The minimum Gasteiger partial charge on any atom is -0.288 e. The van der Waals surface area contributed by atoms with Crippen LogP contribution in [0, 0.1) is 0 Å². The van der Waals surface area contributed by atoms with E-state index in [1.165, 1.54) is 5.06 Å². The van der Waals surface area contributed by atoms with Gasteiger partial charge in [-0.25, -0.2) is 0 Å². The summed E-state index contributed by atoms with van der Waals surface area (Å²) < 4.78 is 0. The predicted molar refractivity (Wildman–Crippen MR) is 49.6 cm³/mol. The highest BCUT2D eigenvalue weighted by molar-refractivity contribution is 6.32. The summed E-state index contributed by atoms with van der Waals surface area (Å²) in [5.74, 6) is 0. The van der Waals surface area contributed by atoms with Crippen LogP contribution in [0.1, 0.15) is 5.56 Å². The van der Waals surface area contributed by atoms with Crippen LogP contribution in [0.15, 0.2) is 24.3 Å². The van der Waals surface area contributed by atoms with E-state index < -0.39 is 0 Å². The van der Waals surface area contributed by atoms with Crippen LogP contribution in [0.2, 0.25) is 5.02 Å². The molecule has 0 fully saturated rings. The van der Waals surface area contributed by atoms with Crippen LogP contribution in [0.5, 0.6) is 0 Å². The van der Waals surface area contributed by atoms with Gasteiger partial charge in [0.15, 0.2) is 0 Å². The molecule has 2 nitrogen and oxygen atoms in total. The fraction of sp³-hybridized carbons (Fsp3) is 0.111. The second-order valence-electron chi connectivity index (χ2n) is 2.66. The third-order valence-electron chi connectivity index (χ3n) is 1.87. The summed E-state index contributed by atoms with van der Waals surface area (Å²) in [7, 11) is 0. The molecule has 2 rings (SSSR count). The highest BCUT2D eigenvalue weighted by atomic mass is 35.5. The number of nitrogens with zero attached hydrogens (tertiary/aromatic N) is 1. The average molecular weight is 182 g/mol. The Kier molecular flexibility index (Phi) is 1.79. The maximum absolute atomic E-state index is 9.41. The van der Waals surface area contributed by atoms with Gasteiger partial charge in [0.2, 0.25) is 0 Å². The van der Waals surface area contributed by atoms with Gasteiger partial charge in [-0.15, -0.1) is 0 Å². The molecule has 0 aliphatic carbocycles. The van der Waals surface area contributed by atoms with Gasteiger partial charge in [0.05, 0.1) is 12.2 Å². The maximum atomic E-state index is 9.41. The highest BCUT2D eigenvalue weighted by Gasteiger charge is 2.12. The predicted octanol–water partition coefficient (Wildman–Crippen LogP) is 2.56. The van der Waals surface area contributed by atoms with Gasteiger partial charge in [0, 0.05) is 10.6 Å². The van der Waals surface area contributed by atoms with Crippen LogP contribution in [0.4, 0.5) is 5.69 Å². The third kappa shape index (κ3) is 1.09. The van der Waals surface area contributed by atoms with Gasteiger partial charge < -0.3 is 0 Å². The summed E-state index contributed by atoms with van der Waals surface area (Å²) in [5, 5.41) is 11.3. The van der Waals surface area contributed by atoms with Gasteiger partial charge in [0.25, 0.3) is 0 Å².